The van der Waals surface area contributed by atoms with Crippen LogP contribution in [0.2, 0.25) is 0 Å². The standard InChI is InChI=1S/2C16H10N2/c2*1-3-11-5-7-14-13(15(11)17-9-1)8-6-12-4-2-10-18-16(12)14/h2*1-10H. The number of nitrogens with zero attached hydrogens (tertiary/aromatic N) is 4. The molecule has 0 atom stereocenters. The number of pyridine rings is 4. The number of hydrogen-bond acceptors (Lipinski definition) is 4. The molecule has 0 bridgehead atoms. The summed E-state index contributed by atoms with van der Waals surface area (Å²) in [5, 5.41) is 9.33. The van der Waals surface area contributed by atoms with Gasteiger partial charge in [0.15, 0.2) is 0 Å². The summed E-state index contributed by atoms with van der Waals surface area (Å²) >= 11 is 0. The molecule has 0 aliphatic heterocycles. The lowest BCUT2D eigenvalue weighted by molar-refractivity contribution is 1.42. The molecule has 8 rings (SSSR count). The average Bonchev–Trinajstić information content (AvgIpc) is 2.97. The van der Waals surface area contributed by atoms with Crippen molar-refractivity contribution in [1.29, 1.82) is 0 Å². The zero-order valence-corrected chi connectivity index (χ0v) is 19.3. The van der Waals surface area contributed by atoms with Crippen LogP contribution in [0.25, 0.3) is 65.2 Å². The summed E-state index contributed by atoms with van der Waals surface area (Å²) in [6.45, 7) is 0. The lowest BCUT2D eigenvalue weighted by Crippen LogP contribution is -1.84. The van der Waals surface area contributed by atoms with Gasteiger partial charge in [-0.2, -0.15) is 0 Å². The molecule has 0 fully saturated rings. The molecule has 0 saturated heterocycles. The number of rotatable bonds is 0. The van der Waals surface area contributed by atoms with Gasteiger partial charge < -0.3 is 0 Å². The Hall–Kier alpha value is -4.96. The second-order valence-electron chi connectivity index (χ2n) is 8.75. The molecular formula is C32H20N4. The molecule has 0 saturated carbocycles. The first-order valence-electron chi connectivity index (χ1n) is 11.9. The Balaban J connectivity index is 0.000000122. The van der Waals surface area contributed by atoms with E-state index in [1.54, 1.807) is 0 Å². The second-order valence-corrected chi connectivity index (χ2v) is 8.75. The van der Waals surface area contributed by atoms with Crippen LogP contribution in [0.3, 0.4) is 0 Å². The first-order valence-corrected chi connectivity index (χ1v) is 11.9. The fourth-order valence-electron chi connectivity index (χ4n) is 4.99. The lowest BCUT2D eigenvalue weighted by atomic mass is 10.0. The van der Waals surface area contributed by atoms with Crippen molar-refractivity contribution in [1.82, 2.24) is 19.9 Å². The van der Waals surface area contributed by atoms with Crippen LogP contribution in [0.4, 0.5) is 0 Å². The summed E-state index contributed by atoms with van der Waals surface area (Å²) in [5.41, 5.74) is 4.18. The first kappa shape index (κ1) is 20.4. The molecule has 4 heteroatoms. The lowest BCUT2D eigenvalue weighted by Gasteiger charge is -2.05. The molecule has 0 aliphatic rings. The maximum atomic E-state index is 4.49. The molecule has 8 aromatic rings. The minimum absolute atomic E-state index is 1.04. The van der Waals surface area contributed by atoms with Gasteiger partial charge in [-0.1, -0.05) is 72.8 Å². The maximum Gasteiger partial charge on any atom is 0.0781 e. The summed E-state index contributed by atoms with van der Waals surface area (Å²) in [6.07, 6.45) is 7.35. The fourth-order valence-corrected chi connectivity index (χ4v) is 4.99. The fraction of sp³-hybridized carbons (Fsp3) is 0. The molecular weight excluding hydrogens is 440 g/mol. The van der Waals surface area contributed by atoms with E-state index in [1.807, 2.05) is 49.1 Å². The Morgan fingerprint density at radius 2 is 0.528 bits per heavy atom. The Kier molecular flexibility index (Phi) is 4.74. The van der Waals surface area contributed by atoms with Crippen molar-refractivity contribution >= 4 is 65.2 Å². The van der Waals surface area contributed by atoms with Crippen molar-refractivity contribution in [3.05, 3.63) is 122 Å². The van der Waals surface area contributed by atoms with Crippen LogP contribution in [0, 0.1) is 0 Å². The highest BCUT2D eigenvalue weighted by atomic mass is 14.7. The monoisotopic (exact) mass is 460 g/mol. The summed E-state index contributed by atoms with van der Waals surface area (Å²) in [6, 6.07) is 33.2. The van der Waals surface area contributed by atoms with Crippen LogP contribution in [0.15, 0.2) is 122 Å². The SMILES string of the molecule is c1cnc2c(c1)ccc1c2ccc2cccnc21.c1cnc2c(c1)ccc1c2ccc2cccnc21. The predicted molar refractivity (Wildman–Crippen MR) is 149 cm³/mol. The van der Waals surface area contributed by atoms with Gasteiger partial charge in [-0.15, -0.1) is 0 Å². The Labute approximate surface area is 206 Å². The van der Waals surface area contributed by atoms with Gasteiger partial charge in [0.2, 0.25) is 0 Å². The van der Waals surface area contributed by atoms with Crippen LogP contribution >= 0.6 is 0 Å². The largest absolute Gasteiger partial charge is 0.256 e. The van der Waals surface area contributed by atoms with E-state index in [0.717, 1.165) is 22.1 Å². The molecule has 0 N–H and O–H groups in total. The van der Waals surface area contributed by atoms with Gasteiger partial charge in [-0.05, 0) is 24.3 Å². The van der Waals surface area contributed by atoms with Gasteiger partial charge in [-0.25, -0.2) is 0 Å². The van der Waals surface area contributed by atoms with E-state index in [2.05, 4.69) is 92.7 Å². The molecule has 0 unspecified atom stereocenters. The summed E-state index contributed by atoms with van der Waals surface area (Å²) in [4.78, 5) is 18.0. The number of hydrogen-bond donors (Lipinski definition) is 0. The number of benzene rings is 4. The minimum atomic E-state index is 1.04. The summed E-state index contributed by atoms with van der Waals surface area (Å²) in [5.74, 6) is 0. The van der Waals surface area contributed by atoms with Crippen LogP contribution < -0.4 is 0 Å². The van der Waals surface area contributed by atoms with Gasteiger partial charge in [0, 0.05) is 67.9 Å². The normalized spacial score (nSPS) is 11.3. The Bertz CT molecular complexity index is 1760. The van der Waals surface area contributed by atoms with E-state index >= 15 is 0 Å². The first-order chi connectivity index (χ1) is 17.9. The third-order valence-corrected chi connectivity index (χ3v) is 6.67. The summed E-state index contributed by atoms with van der Waals surface area (Å²) < 4.78 is 0. The smallest absolute Gasteiger partial charge is 0.0781 e. The van der Waals surface area contributed by atoms with E-state index < -0.39 is 0 Å². The van der Waals surface area contributed by atoms with Crippen molar-refractivity contribution in [3.8, 4) is 0 Å². The number of fused-ring (bicyclic) bond motifs is 10. The van der Waals surface area contributed by atoms with E-state index in [9.17, 15) is 0 Å². The minimum Gasteiger partial charge on any atom is -0.256 e. The van der Waals surface area contributed by atoms with Gasteiger partial charge in [0.05, 0.1) is 22.1 Å². The molecule has 168 valence electrons. The third-order valence-electron chi connectivity index (χ3n) is 6.67. The highest BCUT2D eigenvalue weighted by Gasteiger charge is 2.06. The molecule has 0 radical (unpaired) electrons. The van der Waals surface area contributed by atoms with Crippen molar-refractivity contribution in [2.45, 2.75) is 0 Å². The van der Waals surface area contributed by atoms with Crippen molar-refractivity contribution in [2.24, 2.45) is 0 Å². The van der Waals surface area contributed by atoms with Crippen molar-refractivity contribution in [3.63, 3.8) is 0 Å². The Morgan fingerprint density at radius 3 is 0.778 bits per heavy atom. The second kappa shape index (κ2) is 8.36. The van der Waals surface area contributed by atoms with E-state index in [1.165, 1.54) is 43.1 Å². The maximum absolute atomic E-state index is 4.49. The predicted octanol–water partition coefficient (Wildman–Crippen LogP) is 7.87. The highest BCUT2D eigenvalue weighted by molar-refractivity contribution is 6.15. The van der Waals surface area contributed by atoms with E-state index in [0.29, 0.717) is 0 Å². The van der Waals surface area contributed by atoms with Crippen LogP contribution in [-0.2, 0) is 0 Å². The summed E-state index contributed by atoms with van der Waals surface area (Å²) in [7, 11) is 0. The van der Waals surface area contributed by atoms with E-state index in [-0.39, 0.29) is 0 Å². The van der Waals surface area contributed by atoms with Crippen molar-refractivity contribution in [2.75, 3.05) is 0 Å². The zero-order valence-electron chi connectivity index (χ0n) is 19.3. The molecule has 4 aromatic carbocycles. The van der Waals surface area contributed by atoms with E-state index in [4.69, 9.17) is 0 Å². The molecule has 4 aromatic heterocycles. The third kappa shape index (κ3) is 3.31. The number of aromatic nitrogens is 4. The zero-order chi connectivity index (χ0) is 23.9. The quantitative estimate of drug-likeness (QED) is 0.216. The molecule has 0 aliphatic carbocycles. The highest BCUT2D eigenvalue weighted by Crippen LogP contribution is 2.29. The average molecular weight is 461 g/mol. The molecule has 4 heterocycles. The van der Waals surface area contributed by atoms with Crippen molar-refractivity contribution < 1.29 is 0 Å². The molecule has 36 heavy (non-hydrogen) atoms. The molecule has 4 nitrogen and oxygen atoms in total. The van der Waals surface area contributed by atoms with Gasteiger partial charge in [0.1, 0.15) is 0 Å². The van der Waals surface area contributed by atoms with Gasteiger partial charge in [-0.3, -0.25) is 19.9 Å². The molecule has 0 amide bonds. The van der Waals surface area contributed by atoms with Gasteiger partial charge >= 0.3 is 0 Å². The topological polar surface area (TPSA) is 51.6 Å². The molecule has 0 spiro atoms. The van der Waals surface area contributed by atoms with Crippen LogP contribution in [0.1, 0.15) is 0 Å². The van der Waals surface area contributed by atoms with Crippen LogP contribution in [-0.4, -0.2) is 19.9 Å². The Morgan fingerprint density at radius 1 is 0.278 bits per heavy atom. The van der Waals surface area contributed by atoms with Crippen LogP contribution in [0.5, 0.6) is 0 Å². The van der Waals surface area contributed by atoms with Gasteiger partial charge in [0.25, 0.3) is 0 Å².